The van der Waals surface area contributed by atoms with E-state index in [2.05, 4.69) is 0 Å². The van der Waals surface area contributed by atoms with Crippen molar-refractivity contribution >= 4 is 23.9 Å². The number of primary amides is 1. The maximum atomic E-state index is 12.2. The first kappa shape index (κ1) is 20.3. The molecule has 8 heteroatoms. The molecule has 8 nitrogen and oxygen atoms in total. The van der Waals surface area contributed by atoms with Crippen LogP contribution in [0.3, 0.4) is 0 Å². The van der Waals surface area contributed by atoms with Gasteiger partial charge in [-0.15, -0.1) is 0 Å². The van der Waals surface area contributed by atoms with Crippen molar-refractivity contribution < 1.29 is 28.6 Å². The molecule has 1 aromatic rings. The molecule has 0 aliphatic carbocycles. The monoisotopic (exact) mass is 376 g/mol. The number of carbonyl (C=O) groups excluding carboxylic acids is 3. The van der Waals surface area contributed by atoms with Crippen molar-refractivity contribution in [2.75, 3.05) is 27.4 Å². The lowest BCUT2D eigenvalue weighted by atomic mass is 10.0. The fourth-order valence-corrected chi connectivity index (χ4v) is 2.90. The molecule has 27 heavy (non-hydrogen) atoms. The second-order valence-corrected chi connectivity index (χ2v) is 6.05. The van der Waals surface area contributed by atoms with Crippen LogP contribution in [0.25, 0.3) is 6.08 Å². The molecular formula is C19H24N2O6. The summed E-state index contributed by atoms with van der Waals surface area (Å²) in [6.45, 7) is -0.00439. The van der Waals surface area contributed by atoms with Crippen LogP contribution in [0, 0.1) is 0 Å². The van der Waals surface area contributed by atoms with Gasteiger partial charge in [0, 0.05) is 24.3 Å². The highest BCUT2D eigenvalue weighted by Gasteiger charge is 2.30. The van der Waals surface area contributed by atoms with E-state index in [1.807, 2.05) is 0 Å². The van der Waals surface area contributed by atoms with Crippen LogP contribution >= 0.6 is 0 Å². The Morgan fingerprint density at radius 1 is 1.22 bits per heavy atom. The topological polar surface area (TPSA) is 108 Å². The third-order valence-corrected chi connectivity index (χ3v) is 4.33. The van der Waals surface area contributed by atoms with Crippen LogP contribution in [0.4, 0.5) is 0 Å². The number of likely N-dealkylation sites (tertiary alicyclic amines) is 1. The summed E-state index contributed by atoms with van der Waals surface area (Å²) in [6, 6.07) is 4.52. The van der Waals surface area contributed by atoms with Gasteiger partial charge in [-0.3, -0.25) is 9.59 Å². The zero-order valence-electron chi connectivity index (χ0n) is 15.5. The van der Waals surface area contributed by atoms with Gasteiger partial charge in [0.05, 0.1) is 14.2 Å². The van der Waals surface area contributed by atoms with Gasteiger partial charge in [-0.05, 0) is 37.5 Å². The van der Waals surface area contributed by atoms with E-state index in [0.717, 1.165) is 12.8 Å². The zero-order valence-corrected chi connectivity index (χ0v) is 15.5. The van der Waals surface area contributed by atoms with Crippen LogP contribution < -0.4 is 15.2 Å². The van der Waals surface area contributed by atoms with Gasteiger partial charge in [0.1, 0.15) is 17.5 Å². The molecule has 1 heterocycles. The summed E-state index contributed by atoms with van der Waals surface area (Å²) in [5.74, 6) is -0.480. The Hall–Kier alpha value is -3.03. The molecule has 0 bridgehead atoms. The number of piperidine rings is 1. The number of amides is 2. The summed E-state index contributed by atoms with van der Waals surface area (Å²) in [5.41, 5.74) is 6.00. The molecule has 1 aliphatic heterocycles. The summed E-state index contributed by atoms with van der Waals surface area (Å²) < 4.78 is 15.3. The van der Waals surface area contributed by atoms with E-state index in [-0.39, 0.29) is 0 Å². The number of nitrogens with two attached hydrogens (primary N) is 1. The Bertz CT molecular complexity index is 731. The molecule has 1 atom stereocenters. The Morgan fingerprint density at radius 3 is 2.67 bits per heavy atom. The summed E-state index contributed by atoms with van der Waals surface area (Å²) in [4.78, 5) is 37.0. The molecule has 0 aromatic heterocycles. The van der Waals surface area contributed by atoms with Gasteiger partial charge in [-0.2, -0.15) is 0 Å². The van der Waals surface area contributed by atoms with Crippen LogP contribution in [-0.4, -0.2) is 56.1 Å². The minimum atomic E-state index is -0.672. The molecule has 2 rings (SSSR count). The fraction of sp³-hybridized carbons (Fsp3) is 0.421. The van der Waals surface area contributed by atoms with E-state index in [4.69, 9.17) is 19.9 Å². The summed E-state index contributed by atoms with van der Waals surface area (Å²) in [5, 5.41) is 0. The summed E-state index contributed by atoms with van der Waals surface area (Å²) in [6.07, 6.45) is 4.90. The number of carbonyl (C=O) groups is 3. The van der Waals surface area contributed by atoms with Crippen molar-refractivity contribution in [1.82, 2.24) is 4.90 Å². The van der Waals surface area contributed by atoms with Gasteiger partial charge < -0.3 is 24.8 Å². The minimum absolute atomic E-state index is 0.428. The van der Waals surface area contributed by atoms with E-state index in [0.29, 0.717) is 30.0 Å². The van der Waals surface area contributed by atoms with Crippen molar-refractivity contribution in [3.63, 3.8) is 0 Å². The zero-order chi connectivity index (χ0) is 19.8. The van der Waals surface area contributed by atoms with Crippen LogP contribution in [0.15, 0.2) is 24.3 Å². The summed E-state index contributed by atoms with van der Waals surface area (Å²) in [7, 11) is 3.06. The molecule has 0 spiro atoms. The number of rotatable bonds is 7. The number of esters is 1. The lowest BCUT2D eigenvalue weighted by molar-refractivity contribution is -0.151. The Labute approximate surface area is 157 Å². The fourth-order valence-electron chi connectivity index (χ4n) is 2.90. The second-order valence-electron chi connectivity index (χ2n) is 6.05. The molecule has 0 unspecified atom stereocenters. The first-order valence-corrected chi connectivity index (χ1v) is 8.62. The maximum absolute atomic E-state index is 12.2. The predicted molar refractivity (Wildman–Crippen MR) is 98.1 cm³/mol. The van der Waals surface area contributed by atoms with E-state index in [1.54, 1.807) is 25.3 Å². The third kappa shape index (κ3) is 5.47. The van der Waals surface area contributed by atoms with Gasteiger partial charge in [-0.1, -0.05) is 0 Å². The average Bonchev–Trinajstić information content (AvgIpc) is 2.70. The van der Waals surface area contributed by atoms with Gasteiger partial charge >= 0.3 is 5.97 Å². The standard InChI is InChI=1S/C19H24N2O6/c1-25-14-8-6-13(16(11-14)26-2)7-9-18(23)27-12-17(22)21-10-4-3-5-15(21)19(20)24/h6-9,11,15H,3-5,10,12H2,1-2H3,(H2,20,24)/b9-7+/t15-/m1/s1. The quantitative estimate of drug-likeness (QED) is 0.564. The molecular weight excluding hydrogens is 352 g/mol. The highest BCUT2D eigenvalue weighted by Crippen LogP contribution is 2.25. The molecule has 0 radical (unpaired) electrons. The average molecular weight is 376 g/mol. The molecule has 1 fully saturated rings. The van der Waals surface area contributed by atoms with Crippen molar-refractivity contribution in [3.05, 3.63) is 29.8 Å². The number of hydrogen-bond acceptors (Lipinski definition) is 6. The molecule has 1 aliphatic rings. The summed E-state index contributed by atoms with van der Waals surface area (Å²) >= 11 is 0. The second kappa shape index (κ2) is 9.61. The molecule has 2 amide bonds. The van der Waals surface area contributed by atoms with Crippen molar-refractivity contribution in [3.8, 4) is 11.5 Å². The Balaban J connectivity index is 1.93. The maximum Gasteiger partial charge on any atom is 0.331 e. The number of nitrogens with zero attached hydrogens (tertiary/aromatic N) is 1. The lowest BCUT2D eigenvalue weighted by Crippen LogP contribution is -2.51. The van der Waals surface area contributed by atoms with E-state index in [9.17, 15) is 14.4 Å². The Kier molecular flexibility index (Phi) is 7.22. The lowest BCUT2D eigenvalue weighted by Gasteiger charge is -2.33. The normalized spacial score (nSPS) is 16.8. The molecule has 1 aromatic carbocycles. The molecule has 1 saturated heterocycles. The van der Waals surface area contributed by atoms with E-state index in [1.165, 1.54) is 24.2 Å². The van der Waals surface area contributed by atoms with E-state index < -0.39 is 30.4 Å². The van der Waals surface area contributed by atoms with Crippen molar-refractivity contribution in [1.29, 1.82) is 0 Å². The molecule has 146 valence electrons. The van der Waals surface area contributed by atoms with Gasteiger partial charge in [0.25, 0.3) is 5.91 Å². The highest BCUT2D eigenvalue weighted by molar-refractivity contribution is 5.91. The van der Waals surface area contributed by atoms with Crippen LogP contribution in [0.2, 0.25) is 0 Å². The smallest absolute Gasteiger partial charge is 0.331 e. The largest absolute Gasteiger partial charge is 0.497 e. The third-order valence-electron chi connectivity index (χ3n) is 4.33. The Morgan fingerprint density at radius 2 is 2.00 bits per heavy atom. The molecule has 0 saturated carbocycles. The first-order valence-electron chi connectivity index (χ1n) is 8.62. The van der Waals surface area contributed by atoms with Gasteiger partial charge in [0.2, 0.25) is 5.91 Å². The van der Waals surface area contributed by atoms with Crippen LogP contribution in [0.5, 0.6) is 11.5 Å². The minimum Gasteiger partial charge on any atom is -0.497 e. The van der Waals surface area contributed by atoms with Crippen molar-refractivity contribution in [2.45, 2.75) is 25.3 Å². The van der Waals surface area contributed by atoms with Crippen molar-refractivity contribution in [2.24, 2.45) is 5.73 Å². The number of hydrogen-bond donors (Lipinski definition) is 1. The predicted octanol–water partition coefficient (Wildman–Crippen LogP) is 1.13. The first-order chi connectivity index (χ1) is 13.0. The van der Waals surface area contributed by atoms with Crippen LogP contribution in [-0.2, 0) is 19.1 Å². The molecule has 2 N–H and O–H groups in total. The highest BCUT2D eigenvalue weighted by atomic mass is 16.5. The van der Waals surface area contributed by atoms with Gasteiger partial charge in [-0.25, -0.2) is 4.79 Å². The van der Waals surface area contributed by atoms with Gasteiger partial charge in [0.15, 0.2) is 6.61 Å². The number of benzene rings is 1. The SMILES string of the molecule is COc1ccc(/C=C/C(=O)OCC(=O)N2CCCC[C@@H]2C(N)=O)c(OC)c1. The number of methoxy groups -OCH3 is 2. The van der Waals surface area contributed by atoms with Crippen LogP contribution in [0.1, 0.15) is 24.8 Å². The number of ether oxygens (including phenoxy) is 3. The van der Waals surface area contributed by atoms with E-state index >= 15 is 0 Å².